The lowest BCUT2D eigenvalue weighted by Gasteiger charge is -2.49. The zero-order valence-electron chi connectivity index (χ0n) is 16.6. The molecule has 1 atom stereocenters. The molecule has 0 aliphatic carbocycles. The monoisotopic (exact) mass is 377 g/mol. The average Bonchev–Trinajstić information content (AvgIpc) is 3.10. The van der Waals surface area contributed by atoms with E-state index in [2.05, 4.69) is 62.3 Å². The number of anilines is 1. The van der Waals surface area contributed by atoms with E-state index in [0.29, 0.717) is 17.0 Å². The number of aromatic nitrogens is 3. The van der Waals surface area contributed by atoms with Gasteiger partial charge in [0.1, 0.15) is 17.5 Å². The van der Waals surface area contributed by atoms with Gasteiger partial charge in [-0.3, -0.25) is 0 Å². The lowest BCUT2D eigenvalue weighted by Crippen LogP contribution is -2.50. The Morgan fingerprint density at radius 3 is 2.68 bits per heavy atom. The van der Waals surface area contributed by atoms with Crippen molar-refractivity contribution in [1.29, 1.82) is 0 Å². The average molecular weight is 377 g/mol. The molecule has 2 fully saturated rings. The molecule has 1 aromatic carbocycles. The third kappa shape index (κ3) is 3.05. The summed E-state index contributed by atoms with van der Waals surface area (Å²) in [6, 6.07) is 11.0. The van der Waals surface area contributed by atoms with Gasteiger partial charge in [0.25, 0.3) is 5.71 Å². The van der Waals surface area contributed by atoms with E-state index >= 15 is 0 Å². The third-order valence-corrected chi connectivity index (χ3v) is 6.63. The molecule has 0 amide bonds. The topological polar surface area (TPSA) is 58.3 Å². The van der Waals surface area contributed by atoms with Crippen LogP contribution in [-0.2, 0) is 0 Å². The summed E-state index contributed by atoms with van der Waals surface area (Å²) in [6.07, 6.45) is 5.25. The summed E-state index contributed by atoms with van der Waals surface area (Å²) in [6.45, 7) is 6.35. The lowest BCUT2D eigenvalue weighted by atomic mass is 9.68. The normalized spacial score (nSPS) is 22.8. The van der Waals surface area contributed by atoms with Gasteiger partial charge in [-0.2, -0.15) is 4.98 Å². The van der Waals surface area contributed by atoms with Crippen molar-refractivity contribution in [2.75, 3.05) is 38.1 Å². The highest BCUT2D eigenvalue weighted by Crippen LogP contribution is 2.45. The van der Waals surface area contributed by atoms with Crippen LogP contribution in [0.15, 0.2) is 41.2 Å². The predicted molar refractivity (Wildman–Crippen MR) is 110 cm³/mol. The van der Waals surface area contributed by atoms with Crippen LogP contribution in [0.1, 0.15) is 36.4 Å². The van der Waals surface area contributed by atoms with Crippen LogP contribution in [0.4, 0.5) is 5.82 Å². The molecule has 28 heavy (non-hydrogen) atoms. The first-order chi connectivity index (χ1) is 13.6. The van der Waals surface area contributed by atoms with E-state index in [0.717, 1.165) is 36.5 Å². The molecule has 2 aromatic heterocycles. The molecule has 4 heterocycles. The number of rotatable bonds is 2. The third-order valence-electron chi connectivity index (χ3n) is 6.63. The van der Waals surface area contributed by atoms with E-state index in [9.17, 15) is 0 Å². The fourth-order valence-electron chi connectivity index (χ4n) is 5.31. The molecule has 2 aliphatic rings. The highest BCUT2D eigenvalue weighted by Gasteiger charge is 2.41. The van der Waals surface area contributed by atoms with Crippen molar-refractivity contribution in [2.45, 2.75) is 32.1 Å². The van der Waals surface area contributed by atoms with Crippen LogP contribution in [0, 0.1) is 12.3 Å². The van der Waals surface area contributed by atoms with Gasteiger partial charge in [-0.1, -0.05) is 35.5 Å². The fourth-order valence-corrected chi connectivity index (χ4v) is 5.31. The molecule has 5 rings (SSSR count). The van der Waals surface area contributed by atoms with E-state index < -0.39 is 0 Å². The van der Waals surface area contributed by atoms with Gasteiger partial charge in [-0.25, -0.2) is 4.98 Å². The van der Waals surface area contributed by atoms with Crippen LogP contribution in [0.2, 0.25) is 0 Å². The molecule has 146 valence electrons. The molecule has 0 unspecified atom stereocenters. The minimum absolute atomic E-state index is 0.389. The Morgan fingerprint density at radius 1 is 1.11 bits per heavy atom. The van der Waals surface area contributed by atoms with Crippen molar-refractivity contribution in [3.63, 3.8) is 0 Å². The maximum absolute atomic E-state index is 5.33. The van der Waals surface area contributed by atoms with E-state index in [1.165, 1.54) is 31.4 Å². The number of fused-ring (bicyclic) bond motifs is 1. The number of nitrogens with zero attached hydrogens (tertiary/aromatic N) is 5. The van der Waals surface area contributed by atoms with Gasteiger partial charge in [0.2, 0.25) is 0 Å². The largest absolute Gasteiger partial charge is 0.356 e. The van der Waals surface area contributed by atoms with E-state index in [1.807, 2.05) is 6.92 Å². The summed E-state index contributed by atoms with van der Waals surface area (Å²) < 4.78 is 5.33. The Morgan fingerprint density at radius 2 is 1.89 bits per heavy atom. The number of aryl methyl sites for hydroxylation is 1. The summed E-state index contributed by atoms with van der Waals surface area (Å²) >= 11 is 0. The Balaban J connectivity index is 1.36. The van der Waals surface area contributed by atoms with Crippen LogP contribution in [0.3, 0.4) is 0 Å². The minimum atomic E-state index is 0.389. The van der Waals surface area contributed by atoms with Crippen LogP contribution < -0.4 is 4.90 Å². The molecule has 2 aliphatic heterocycles. The van der Waals surface area contributed by atoms with Crippen molar-refractivity contribution in [3.05, 3.63) is 47.9 Å². The van der Waals surface area contributed by atoms with Crippen LogP contribution in [0.25, 0.3) is 11.1 Å². The van der Waals surface area contributed by atoms with Crippen LogP contribution in [-0.4, -0.2) is 53.3 Å². The molecule has 2 saturated heterocycles. The van der Waals surface area contributed by atoms with Gasteiger partial charge >= 0.3 is 0 Å². The molecule has 0 saturated carbocycles. The van der Waals surface area contributed by atoms with E-state index in [-0.39, 0.29) is 0 Å². The standard InChI is InChI=1S/C22H27N5O/c1-16-19-20(23-15-24-21(19)28-25-16)27-10-8-22(9-11-27)12-18(13-26(2)14-22)17-6-4-3-5-7-17/h3-7,15,18H,8-14H2,1-2H3/t18-/m0/s1. The Labute approximate surface area is 165 Å². The molecule has 1 spiro atoms. The Bertz CT molecular complexity index is 961. The molecule has 3 aromatic rings. The second-order valence-corrected chi connectivity index (χ2v) is 8.64. The molecular weight excluding hydrogens is 350 g/mol. The molecule has 6 nitrogen and oxygen atoms in total. The van der Waals surface area contributed by atoms with Gasteiger partial charge in [0, 0.05) is 26.2 Å². The van der Waals surface area contributed by atoms with Gasteiger partial charge < -0.3 is 14.3 Å². The first-order valence-electron chi connectivity index (χ1n) is 10.2. The van der Waals surface area contributed by atoms with Crippen LogP contribution >= 0.6 is 0 Å². The van der Waals surface area contributed by atoms with E-state index in [4.69, 9.17) is 4.52 Å². The van der Waals surface area contributed by atoms with Crippen molar-refractivity contribution in [3.8, 4) is 0 Å². The highest BCUT2D eigenvalue weighted by molar-refractivity contribution is 5.87. The summed E-state index contributed by atoms with van der Waals surface area (Å²) in [5.41, 5.74) is 3.32. The number of likely N-dealkylation sites (N-methyl/N-ethyl adjacent to an activating group) is 1. The number of benzene rings is 1. The SMILES string of the molecule is Cc1noc2ncnc(N3CCC4(CC3)C[C@H](c3ccccc3)CN(C)C4)c12. The maximum Gasteiger partial charge on any atom is 0.263 e. The quantitative estimate of drug-likeness (QED) is 0.680. The lowest BCUT2D eigenvalue weighted by molar-refractivity contribution is 0.0671. The molecular formula is C22H27N5O. The predicted octanol–water partition coefficient (Wildman–Crippen LogP) is 3.63. The van der Waals surface area contributed by atoms with E-state index in [1.54, 1.807) is 6.33 Å². The summed E-state index contributed by atoms with van der Waals surface area (Å²) in [5, 5.41) is 5.04. The van der Waals surface area contributed by atoms with Gasteiger partial charge in [0.05, 0.1) is 5.69 Å². The zero-order valence-corrected chi connectivity index (χ0v) is 16.6. The summed E-state index contributed by atoms with van der Waals surface area (Å²) in [7, 11) is 2.28. The fraction of sp³-hybridized carbons (Fsp3) is 0.500. The van der Waals surface area contributed by atoms with Crippen molar-refractivity contribution in [2.24, 2.45) is 5.41 Å². The molecule has 0 radical (unpaired) electrons. The van der Waals surface area contributed by atoms with Gasteiger partial charge in [-0.15, -0.1) is 0 Å². The number of hydrogen-bond donors (Lipinski definition) is 0. The molecule has 0 bridgehead atoms. The van der Waals surface area contributed by atoms with Gasteiger partial charge in [0.15, 0.2) is 0 Å². The first kappa shape index (κ1) is 17.6. The maximum atomic E-state index is 5.33. The second-order valence-electron chi connectivity index (χ2n) is 8.64. The highest BCUT2D eigenvalue weighted by atomic mass is 16.5. The van der Waals surface area contributed by atoms with Gasteiger partial charge in [-0.05, 0) is 50.1 Å². The minimum Gasteiger partial charge on any atom is -0.356 e. The van der Waals surface area contributed by atoms with Crippen molar-refractivity contribution in [1.82, 2.24) is 20.0 Å². The summed E-state index contributed by atoms with van der Waals surface area (Å²) in [4.78, 5) is 13.7. The van der Waals surface area contributed by atoms with Crippen molar-refractivity contribution < 1.29 is 4.52 Å². The number of hydrogen-bond acceptors (Lipinski definition) is 6. The molecule has 6 heteroatoms. The smallest absolute Gasteiger partial charge is 0.263 e. The zero-order chi connectivity index (χ0) is 19.1. The Hall–Kier alpha value is -2.47. The van der Waals surface area contributed by atoms with Crippen molar-refractivity contribution >= 4 is 16.9 Å². The molecule has 0 N–H and O–H groups in total. The van der Waals surface area contributed by atoms with Crippen LogP contribution in [0.5, 0.6) is 0 Å². The first-order valence-corrected chi connectivity index (χ1v) is 10.2. The number of likely N-dealkylation sites (tertiary alicyclic amines) is 1. The Kier molecular flexibility index (Phi) is 4.31. The summed E-state index contributed by atoms with van der Waals surface area (Å²) in [5.74, 6) is 1.60. The second kappa shape index (κ2) is 6.85. The number of piperidine rings is 2.